The number of rotatable bonds is 3. The lowest BCUT2D eigenvalue weighted by Gasteiger charge is -2.01. The Morgan fingerprint density at radius 1 is 1.14 bits per heavy atom. The number of carbonyl (C=O) groups excluding carboxylic acids is 1. The van der Waals surface area contributed by atoms with Crippen molar-refractivity contribution >= 4 is 6.29 Å². The van der Waals surface area contributed by atoms with Gasteiger partial charge in [0.25, 0.3) is 0 Å². The van der Waals surface area contributed by atoms with Gasteiger partial charge in [-0.05, 0) is 37.3 Å². The molecule has 0 fully saturated rings. The Kier molecular flexibility index (Phi) is 3.36. The second-order valence-corrected chi connectivity index (χ2v) is 4.84. The smallest absolute Gasteiger partial charge is 0.153 e. The topological polar surface area (TPSA) is 34.9 Å². The Morgan fingerprint density at radius 2 is 1.90 bits per heavy atom. The molecule has 1 heterocycles. The van der Waals surface area contributed by atoms with Crippen molar-refractivity contribution in [2.24, 2.45) is 0 Å². The van der Waals surface area contributed by atoms with Crippen molar-refractivity contribution in [1.29, 1.82) is 0 Å². The molecule has 0 aliphatic heterocycles. The predicted octanol–water partition coefficient (Wildman–Crippen LogP) is 3.80. The number of nitrogens with zero attached hydrogens (tertiary/aromatic N) is 2. The molecule has 0 amide bonds. The van der Waals surface area contributed by atoms with Gasteiger partial charge in [0, 0.05) is 11.8 Å². The summed E-state index contributed by atoms with van der Waals surface area (Å²) in [6.45, 7) is 1.99. The zero-order chi connectivity index (χ0) is 14.8. The van der Waals surface area contributed by atoms with Crippen molar-refractivity contribution in [3.8, 4) is 16.9 Å². The van der Waals surface area contributed by atoms with E-state index in [1.54, 1.807) is 23.0 Å². The van der Waals surface area contributed by atoms with Crippen LogP contribution in [0.3, 0.4) is 0 Å². The molecule has 0 saturated carbocycles. The summed E-state index contributed by atoms with van der Waals surface area (Å²) in [5.41, 5.74) is 3.82. The number of halogens is 1. The first-order valence-corrected chi connectivity index (χ1v) is 6.55. The second kappa shape index (κ2) is 5.32. The van der Waals surface area contributed by atoms with E-state index in [2.05, 4.69) is 5.10 Å². The fraction of sp³-hybridized carbons (Fsp3) is 0.0588. The van der Waals surface area contributed by atoms with Crippen LogP contribution in [-0.4, -0.2) is 16.1 Å². The van der Waals surface area contributed by atoms with E-state index >= 15 is 0 Å². The summed E-state index contributed by atoms with van der Waals surface area (Å²) >= 11 is 0. The first-order chi connectivity index (χ1) is 10.2. The number of aromatic nitrogens is 2. The summed E-state index contributed by atoms with van der Waals surface area (Å²) in [7, 11) is 0. The third kappa shape index (κ3) is 2.60. The largest absolute Gasteiger partial charge is 0.298 e. The molecule has 3 nitrogen and oxygen atoms in total. The lowest BCUT2D eigenvalue weighted by molar-refractivity contribution is 0.112. The maximum Gasteiger partial charge on any atom is 0.153 e. The molecule has 1 aromatic heterocycles. The Hall–Kier alpha value is -2.75. The Morgan fingerprint density at radius 3 is 2.57 bits per heavy atom. The fourth-order valence-corrected chi connectivity index (χ4v) is 2.22. The highest BCUT2D eigenvalue weighted by Crippen LogP contribution is 2.23. The van der Waals surface area contributed by atoms with Gasteiger partial charge in [-0.3, -0.25) is 4.79 Å². The SMILES string of the molecule is Cc1cccc(-c2nn(-c3ccc(F)cc3)cc2C=O)c1. The van der Waals surface area contributed by atoms with Gasteiger partial charge in [0.2, 0.25) is 0 Å². The number of benzene rings is 2. The molecule has 0 spiro atoms. The summed E-state index contributed by atoms with van der Waals surface area (Å²) in [6.07, 6.45) is 2.43. The highest BCUT2D eigenvalue weighted by atomic mass is 19.1. The standard InChI is InChI=1S/C17H13FN2O/c1-12-3-2-4-13(9-12)17-14(11-21)10-20(19-17)16-7-5-15(18)6-8-16/h2-11H,1H3. The van der Waals surface area contributed by atoms with Gasteiger partial charge in [-0.2, -0.15) is 5.10 Å². The molecule has 0 N–H and O–H groups in total. The van der Waals surface area contributed by atoms with E-state index in [9.17, 15) is 9.18 Å². The maximum absolute atomic E-state index is 13.0. The lowest BCUT2D eigenvalue weighted by atomic mass is 10.1. The second-order valence-electron chi connectivity index (χ2n) is 4.84. The van der Waals surface area contributed by atoms with Gasteiger partial charge >= 0.3 is 0 Å². The Balaban J connectivity index is 2.10. The number of hydrogen-bond donors (Lipinski definition) is 0. The van der Waals surface area contributed by atoms with Crippen molar-refractivity contribution in [3.05, 3.63) is 71.7 Å². The van der Waals surface area contributed by atoms with E-state index in [4.69, 9.17) is 0 Å². The van der Waals surface area contributed by atoms with Crippen molar-refractivity contribution in [3.63, 3.8) is 0 Å². The van der Waals surface area contributed by atoms with Crippen LogP contribution in [0, 0.1) is 12.7 Å². The third-order valence-electron chi connectivity index (χ3n) is 3.25. The van der Waals surface area contributed by atoms with E-state index in [0.29, 0.717) is 16.9 Å². The molecule has 104 valence electrons. The molecule has 2 aromatic carbocycles. The summed E-state index contributed by atoms with van der Waals surface area (Å²) < 4.78 is 14.6. The maximum atomic E-state index is 13.0. The monoisotopic (exact) mass is 280 g/mol. The highest BCUT2D eigenvalue weighted by molar-refractivity contribution is 5.85. The first-order valence-electron chi connectivity index (χ1n) is 6.55. The van der Waals surface area contributed by atoms with Crippen LogP contribution in [0.4, 0.5) is 4.39 Å². The zero-order valence-corrected chi connectivity index (χ0v) is 11.5. The molecule has 0 aliphatic carbocycles. The van der Waals surface area contributed by atoms with Gasteiger partial charge in [0.1, 0.15) is 11.5 Å². The van der Waals surface area contributed by atoms with Crippen molar-refractivity contribution < 1.29 is 9.18 Å². The number of hydrogen-bond acceptors (Lipinski definition) is 2. The van der Waals surface area contributed by atoms with Gasteiger partial charge in [0.05, 0.1) is 11.3 Å². The normalized spacial score (nSPS) is 10.6. The number of aryl methyl sites for hydroxylation is 1. The minimum atomic E-state index is -0.305. The highest BCUT2D eigenvalue weighted by Gasteiger charge is 2.11. The zero-order valence-electron chi connectivity index (χ0n) is 11.5. The van der Waals surface area contributed by atoms with Crippen LogP contribution >= 0.6 is 0 Å². The van der Waals surface area contributed by atoms with Gasteiger partial charge in [-0.1, -0.05) is 23.8 Å². The molecule has 0 atom stereocenters. The molecular formula is C17H13FN2O. The van der Waals surface area contributed by atoms with Gasteiger partial charge in [-0.25, -0.2) is 9.07 Å². The molecule has 0 radical (unpaired) electrons. The lowest BCUT2D eigenvalue weighted by Crippen LogP contribution is -1.94. The number of carbonyl (C=O) groups is 1. The van der Waals surface area contributed by atoms with Crippen LogP contribution < -0.4 is 0 Å². The molecular weight excluding hydrogens is 267 g/mol. The van der Waals surface area contributed by atoms with Crippen LogP contribution in [0.1, 0.15) is 15.9 Å². The average Bonchev–Trinajstić information content (AvgIpc) is 2.92. The minimum absolute atomic E-state index is 0.305. The van der Waals surface area contributed by atoms with Crippen molar-refractivity contribution in [2.75, 3.05) is 0 Å². The Labute approximate surface area is 121 Å². The van der Waals surface area contributed by atoms with Crippen LogP contribution in [-0.2, 0) is 0 Å². The molecule has 4 heteroatoms. The van der Waals surface area contributed by atoms with E-state index < -0.39 is 0 Å². The predicted molar refractivity (Wildman–Crippen MR) is 79.1 cm³/mol. The van der Waals surface area contributed by atoms with E-state index in [1.165, 1.54) is 12.1 Å². The summed E-state index contributed by atoms with van der Waals surface area (Å²) in [4.78, 5) is 11.3. The molecule has 3 aromatic rings. The fourth-order valence-electron chi connectivity index (χ4n) is 2.22. The first kappa shape index (κ1) is 13.2. The molecule has 21 heavy (non-hydrogen) atoms. The van der Waals surface area contributed by atoms with E-state index in [1.807, 2.05) is 31.2 Å². The van der Waals surface area contributed by atoms with Gasteiger partial charge in [-0.15, -0.1) is 0 Å². The summed E-state index contributed by atoms with van der Waals surface area (Å²) in [5, 5.41) is 4.46. The van der Waals surface area contributed by atoms with Crippen LogP contribution in [0.25, 0.3) is 16.9 Å². The Bertz CT molecular complexity index is 791. The molecule has 0 saturated heterocycles. The molecule has 0 bridgehead atoms. The molecule has 0 unspecified atom stereocenters. The quantitative estimate of drug-likeness (QED) is 0.684. The third-order valence-corrected chi connectivity index (χ3v) is 3.25. The van der Waals surface area contributed by atoms with E-state index in [0.717, 1.165) is 17.4 Å². The average molecular weight is 280 g/mol. The molecule has 0 aliphatic rings. The van der Waals surface area contributed by atoms with Crippen LogP contribution in [0.5, 0.6) is 0 Å². The van der Waals surface area contributed by atoms with Gasteiger partial charge in [0.15, 0.2) is 6.29 Å². The molecule has 3 rings (SSSR count). The minimum Gasteiger partial charge on any atom is -0.298 e. The van der Waals surface area contributed by atoms with Crippen molar-refractivity contribution in [2.45, 2.75) is 6.92 Å². The van der Waals surface area contributed by atoms with E-state index in [-0.39, 0.29) is 5.82 Å². The van der Waals surface area contributed by atoms with Gasteiger partial charge < -0.3 is 0 Å². The summed E-state index contributed by atoms with van der Waals surface area (Å²) in [5.74, 6) is -0.305. The summed E-state index contributed by atoms with van der Waals surface area (Å²) in [6, 6.07) is 13.8. The van der Waals surface area contributed by atoms with Crippen LogP contribution in [0.2, 0.25) is 0 Å². The van der Waals surface area contributed by atoms with Crippen molar-refractivity contribution in [1.82, 2.24) is 9.78 Å². The number of aldehydes is 1. The van der Waals surface area contributed by atoms with Crippen LogP contribution in [0.15, 0.2) is 54.7 Å².